The zero-order valence-corrected chi connectivity index (χ0v) is 10.7. The van der Waals surface area contributed by atoms with Gasteiger partial charge in [-0.1, -0.05) is 0 Å². The van der Waals surface area contributed by atoms with E-state index in [1.165, 1.54) is 0 Å². The van der Waals surface area contributed by atoms with Crippen molar-refractivity contribution in [3.63, 3.8) is 0 Å². The molecule has 5 nitrogen and oxygen atoms in total. The first kappa shape index (κ1) is 11.9. The molecule has 20 heavy (non-hydrogen) atoms. The molecule has 0 aliphatic rings. The Kier molecular flexibility index (Phi) is 2.67. The third-order valence-corrected chi connectivity index (χ3v) is 3.11. The minimum absolute atomic E-state index is 0.444. The third kappa shape index (κ3) is 1.79. The lowest BCUT2D eigenvalue weighted by Crippen LogP contribution is -1.94. The van der Waals surface area contributed by atoms with Crippen LogP contribution in [-0.4, -0.2) is 14.5 Å². The first-order chi connectivity index (χ1) is 9.72. The molecule has 5 heteroatoms. The van der Waals surface area contributed by atoms with E-state index in [9.17, 15) is 0 Å². The van der Waals surface area contributed by atoms with Gasteiger partial charge in [-0.3, -0.25) is 0 Å². The molecule has 0 unspecified atom stereocenters. The topological polar surface area (TPSA) is 78.3 Å². The van der Waals surface area contributed by atoms with Gasteiger partial charge in [0.1, 0.15) is 5.82 Å². The van der Waals surface area contributed by atoms with Gasteiger partial charge in [0.2, 0.25) is 0 Å². The highest BCUT2D eigenvalue weighted by Gasteiger charge is 2.12. The van der Waals surface area contributed by atoms with Gasteiger partial charge in [-0.05, 0) is 30.3 Å². The average molecular weight is 259 g/mol. The second-order valence-corrected chi connectivity index (χ2v) is 4.36. The lowest BCUT2D eigenvalue weighted by atomic mass is 10.1. The number of benzene rings is 1. The molecule has 0 saturated heterocycles. The first-order valence-corrected chi connectivity index (χ1v) is 5.96. The SMILES string of the molecule is Cn1c(-c2cc(C#N)cc(C#N)c2)nc2ncccc21. The number of pyridine rings is 1. The average Bonchev–Trinajstić information content (AvgIpc) is 2.84. The van der Waals surface area contributed by atoms with Gasteiger partial charge in [-0.2, -0.15) is 10.5 Å². The van der Waals surface area contributed by atoms with Gasteiger partial charge in [0.25, 0.3) is 0 Å². The molecule has 2 aromatic heterocycles. The van der Waals surface area contributed by atoms with Crippen LogP contribution in [0.4, 0.5) is 0 Å². The predicted molar refractivity (Wildman–Crippen MR) is 73.4 cm³/mol. The molecule has 3 rings (SSSR count). The van der Waals surface area contributed by atoms with Crippen LogP contribution in [0.1, 0.15) is 11.1 Å². The van der Waals surface area contributed by atoms with E-state index in [0.29, 0.717) is 22.6 Å². The first-order valence-electron chi connectivity index (χ1n) is 5.96. The van der Waals surface area contributed by atoms with Crippen molar-refractivity contribution in [1.29, 1.82) is 10.5 Å². The molecule has 0 amide bonds. The van der Waals surface area contributed by atoms with Crippen molar-refractivity contribution in [1.82, 2.24) is 14.5 Å². The number of hydrogen-bond donors (Lipinski definition) is 0. The third-order valence-electron chi connectivity index (χ3n) is 3.11. The van der Waals surface area contributed by atoms with Crippen LogP contribution >= 0.6 is 0 Å². The van der Waals surface area contributed by atoms with E-state index in [1.807, 2.05) is 23.7 Å². The molecule has 0 aliphatic heterocycles. The van der Waals surface area contributed by atoms with Crippen molar-refractivity contribution in [3.05, 3.63) is 47.7 Å². The van der Waals surface area contributed by atoms with Crippen LogP contribution in [0.5, 0.6) is 0 Å². The second-order valence-electron chi connectivity index (χ2n) is 4.36. The molecule has 0 saturated carbocycles. The number of nitriles is 2. The molecule has 94 valence electrons. The monoisotopic (exact) mass is 259 g/mol. The number of rotatable bonds is 1. The van der Waals surface area contributed by atoms with Crippen LogP contribution in [0.2, 0.25) is 0 Å². The van der Waals surface area contributed by atoms with Gasteiger partial charge in [0.05, 0.1) is 28.8 Å². The Labute approximate surface area is 115 Å². The lowest BCUT2D eigenvalue weighted by Gasteiger charge is -2.03. The number of aromatic nitrogens is 3. The fourth-order valence-corrected chi connectivity index (χ4v) is 2.17. The molecule has 0 aliphatic carbocycles. The number of nitrogens with zero attached hydrogens (tertiary/aromatic N) is 5. The minimum atomic E-state index is 0.444. The molecule has 3 aromatic rings. The maximum Gasteiger partial charge on any atom is 0.178 e. The summed E-state index contributed by atoms with van der Waals surface area (Å²) in [5.41, 5.74) is 3.17. The van der Waals surface area contributed by atoms with Gasteiger partial charge >= 0.3 is 0 Å². The standard InChI is InChI=1S/C15H9N5/c1-20-13-3-2-4-18-14(13)19-15(20)12-6-10(8-16)5-11(7-12)9-17/h2-7H,1H3. The maximum absolute atomic E-state index is 9.04. The zero-order valence-electron chi connectivity index (χ0n) is 10.7. The molecule has 0 fully saturated rings. The number of aryl methyl sites for hydroxylation is 1. The summed E-state index contributed by atoms with van der Waals surface area (Å²) in [5, 5.41) is 18.1. The Morgan fingerprint density at radius 1 is 1.10 bits per heavy atom. The summed E-state index contributed by atoms with van der Waals surface area (Å²) in [7, 11) is 1.89. The Balaban J connectivity index is 2.29. The predicted octanol–water partition coefficient (Wildman–Crippen LogP) is 2.38. The summed E-state index contributed by atoms with van der Waals surface area (Å²) in [6.45, 7) is 0. The van der Waals surface area contributed by atoms with Crippen molar-refractivity contribution in [2.45, 2.75) is 0 Å². The van der Waals surface area contributed by atoms with E-state index < -0.39 is 0 Å². The van der Waals surface area contributed by atoms with Gasteiger partial charge in [0, 0.05) is 18.8 Å². The second kappa shape index (κ2) is 4.49. The van der Waals surface area contributed by atoms with Crippen LogP contribution in [-0.2, 0) is 7.05 Å². The van der Waals surface area contributed by atoms with Crippen LogP contribution < -0.4 is 0 Å². The van der Waals surface area contributed by atoms with Crippen LogP contribution in [0.3, 0.4) is 0 Å². The highest BCUT2D eigenvalue weighted by molar-refractivity contribution is 5.77. The van der Waals surface area contributed by atoms with E-state index in [1.54, 1.807) is 24.4 Å². The van der Waals surface area contributed by atoms with Crippen molar-refractivity contribution >= 4 is 11.2 Å². The summed E-state index contributed by atoms with van der Waals surface area (Å²) in [5.74, 6) is 0.687. The molecular formula is C15H9N5. The fraction of sp³-hybridized carbons (Fsp3) is 0.0667. The summed E-state index contributed by atoms with van der Waals surface area (Å²) in [4.78, 5) is 8.68. The van der Waals surface area contributed by atoms with E-state index >= 15 is 0 Å². The summed E-state index contributed by atoms with van der Waals surface area (Å²) < 4.78 is 1.90. The molecule has 0 N–H and O–H groups in total. The normalized spacial score (nSPS) is 10.2. The fourth-order valence-electron chi connectivity index (χ4n) is 2.17. The summed E-state index contributed by atoms with van der Waals surface area (Å²) in [6.07, 6.45) is 1.69. The van der Waals surface area contributed by atoms with Crippen LogP contribution in [0, 0.1) is 22.7 Å². The Hall–Kier alpha value is -3.18. The van der Waals surface area contributed by atoms with Gasteiger partial charge in [0.15, 0.2) is 5.65 Å². The highest BCUT2D eigenvalue weighted by atomic mass is 15.1. The van der Waals surface area contributed by atoms with Crippen LogP contribution in [0.15, 0.2) is 36.5 Å². The molecule has 0 radical (unpaired) electrons. The smallest absolute Gasteiger partial charge is 0.178 e. The van der Waals surface area contributed by atoms with Gasteiger partial charge < -0.3 is 4.57 Å². The van der Waals surface area contributed by atoms with E-state index in [0.717, 1.165) is 11.1 Å². The van der Waals surface area contributed by atoms with Gasteiger partial charge in [-0.25, -0.2) is 9.97 Å². The Morgan fingerprint density at radius 2 is 1.80 bits per heavy atom. The molecule has 2 heterocycles. The molecule has 0 bridgehead atoms. The zero-order chi connectivity index (χ0) is 14.1. The summed E-state index contributed by atoms with van der Waals surface area (Å²) >= 11 is 0. The van der Waals surface area contributed by atoms with Crippen molar-refractivity contribution < 1.29 is 0 Å². The number of fused-ring (bicyclic) bond motifs is 1. The molecule has 1 aromatic carbocycles. The largest absolute Gasteiger partial charge is 0.326 e. The molecule has 0 spiro atoms. The quantitative estimate of drug-likeness (QED) is 0.672. The summed E-state index contributed by atoms with van der Waals surface area (Å²) in [6, 6.07) is 12.9. The number of imidazole rings is 1. The van der Waals surface area contributed by atoms with Crippen molar-refractivity contribution in [2.24, 2.45) is 7.05 Å². The van der Waals surface area contributed by atoms with Crippen molar-refractivity contribution in [2.75, 3.05) is 0 Å². The van der Waals surface area contributed by atoms with E-state index in [-0.39, 0.29) is 0 Å². The Bertz CT molecular complexity index is 860. The maximum atomic E-state index is 9.04. The molecular weight excluding hydrogens is 250 g/mol. The van der Waals surface area contributed by atoms with E-state index in [2.05, 4.69) is 22.1 Å². The van der Waals surface area contributed by atoms with Gasteiger partial charge in [-0.15, -0.1) is 0 Å². The minimum Gasteiger partial charge on any atom is -0.326 e. The Morgan fingerprint density at radius 3 is 2.40 bits per heavy atom. The lowest BCUT2D eigenvalue weighted by molar-refractivity contribution is 0.959. The molecule has 0 atom stereocenters. The van der Waals surface area contributed by atoms with Crippen LogP contribution in [0.25, 0.3) is 22.6 Å². The number of hydrogen-bond acceptors (Lipinski definition) is 4. The highest BCUT2D eigenvalue weighted by Crippen LogP contribution is 2.24. The van der Waals surface area contributed by atoms with E-state index in [4.69, 9.17) is 10.5 Å². The van der Waals surface area contributed by atoms with Crippen molar-refractivity contribution in [3.8, 4) is 23.5 Å².